The summed E-state index contributed by atoms with van der Waals surface area (Å²) >= 11 is 0. The summed E-state index contributed by atoms with van der Waals surface area (Å²) in [5.74, 6) is 1.21. The Hall–Kier alpha value is -0.830. The maximum Gasteiger partial charge on any atom is 0.140 e. The van der Waals surface area contributed by atoms with E-state index in [-0.39, 0.29) is 0 Å². The Morgan fingerprint density at radius 1 is 1.71 bits per heavy atom. The molecule has 0 amide bonds. The van der Waals surface area contributed by atoms with E-state index in [1.807, 2.05) is 17.8 Å². The average molecular weight is 194 g/mol. The maximum atomic E-state index is 10.6. The van der Waals surface area contributed by atoms with Crippen LogP contribution in [0.5, 0.6) is 0 Å². The summed E-state index contributed by atoms with van der Waals surface area (Å²) in [6.45, 7) is 2.14. The van der Waals surface area contributed by atoms with Gasteiger partial charge in [0.05, 0.1) is 0 Å². The molecule has 3 heteroatoms. The molecule has 2 unspecified atom stereocenters. The van der Waals surface area contributed by atoms with E-state index < -0.39 is 5.60 Å². The summed E-state index contributed by atoms with van der Waals surface area (Å²) in [7, 11) is 1.95. The Bertz CT molecular complexity index is 321. The van der Waals surface area contributed by atoms with Crippen molar-refractivity contribution in [3.05, 3.63) is 18.2 Å². The largest absolute Gasteiger partial charge is 0.382 e. The van der Waals surface area contributed by atoms with E-state index >= 15 is 0 Å². The van der Waals surface area contributed by atoms with E-state index in [1.165, 1.54) is 0 Å². The van der Waals surface area contributed by atoms with E-state index in [0.29, 0.717) is 5.92 Å². The minimum atomic E-state index is -0.674. The van der Waals surface area contributed by atoms with Gasteiger partial charge in [-0.05, 0) is 25.2 Å². The molecular weight excluding hydrogens is 176 g/mol. The molecule has 14 heavy (non-hydrogen) atoms. The van der Waals surface area contributed by atoms with Gasteiger partial charge in [-0.15, -0.1) is 0 Å². The molecule has 0 saturated heterocycles. The topological polar surface area (TPSA) is 38.1 Å². The van der Waals surface area contributed by atoms with Gasteiger partial charge in [0.1, 0.15) is 11.4 Å². The molecule has 1 aliphatic rings. The lowest BCUT2D eigenvalue weighted by Crippen LogP contribution is -2.32. The lowest BCUT2D eigenvalue weighted by Gasteiger charge is -2.28. The summed E-state index contributed by atoms with van der Waals surface area (Å²) in [5.41, 5.74) is -0.674. The normalized spacial score (nSPS) is 32.4. The van der Waals surface area contributed by atoms with Crippen molar-refractivity contribution >= 4 is 0 Å². The Balaban J connectivity index is 2.36. The van der Waals surface area contributed by atoms with E-state index in [1.54, 1.807) is 6.20 Å². The van der Waals surface area contributed by atoms with Crippen LogP contribution in [0.15, 0.2) is 12.4 Å². The first-order valence-corrected chi connectivity index (χ1v) is 5.38. The Kier molecular flexibility index (Phi) is 2.35. The third-order valence-corrected chi connectivity index (χ3v) is 3.49. The number of aliphatic hydroxyl groups is 1. The van der Waals surface area contributed by atoms with Crippen molar-refractivity contribution in [2.45, 2.75) is 38.2 Å². The quantitative estimate of drug-likeness (QED) is 0.779. The first kappa shape index (κ1) is 9.71. The predicted octanol–water partition coefficient (Wildman–Crippen LogP) is 1.82. The zero-order valence-electron chi connectivity index (χ0n) is 8.90. The number of nitrogens with zero attached hydrogens (tertiary/aromatic N) is 2. The summed E-state index contributed by atoms with van der Waals surface area (Å²) in [4.78, 5) is 4.28. The van der Waals surface area contributed by atoms with E-state index in [0.717, 1.165) is 31.5 Å². The molecule has 0 radical (unpaired) electrons. The molecule has 1 aliphatic carbocycles. The van der Waals surface area contributed by atoms with Crippen LogP contribution in [0.1, 0.15) is 38.4 Å². The molecule has 1 heterocycles. The fourth-order valence-electron chi connectivity index (χ4n) is 2.68. The first-order valence-electron chi connectivity index (χ1n) is 5.38. The van der Waals surface area contributed by atoms with Gasteiger partial charge in [-0.25, -0.2) is 4.98 Å². The highest BCUT2D eigenvalue weighted by atomic mass is 16.3. The molecule has 78 valence electrons. The zero-order valence-corrected chi connectivity index (χ0v) is 8.90. The van der Waals surface area contributed by atoms with E-state index in [9.17, 15) is 5.11 Å². The van der Waals surface area contributed by atoms with Crippen molar-refractivity contribution in [3.8, 4) is 0 Å². The highest BCUT2D eigenvalue weighted by molar-refractivity contribution is 5.09. The Morgan fingerprint density at radius 2 is 2.50 bits per heavy atom. The van der Waals surface area contributed by atoms with Crippen molar-refractivity contribution in [1.82, 2.24) is 9.55 Å². The van der Waals surface area contributed by atoms with Crippen LogP contribution in [0, 0.1) is 5.92 Å². The third kappa shape index (κ3) is 1.27. The van der Waals surface area contributed by atoms with Gasteiger partial charge < -0.3 is 9.67 Å². The zero-order chi connectivity index (χ0) is 10.2. The van der Waals surface area contributed by atoms with Crippen LogP contribution in [0.25, 0.3) is 0 Å². The SMILES string of the molecule is CCC1CCCC1(O)c1nccn1C. The van der Waals surface area contributed by atoms with Crippen LogP contribution >= 0.6 is 0 Å². The molecule has 0 aliphatic heterocycles. The lowest BCUT2D eigenvalue weighted by molar-refractivity contribution is -0.0146. The minimum Gasteiger partial charge on any atom is -0.382 e. The molecule has 1 aromatic heterocycles. The van der Waals surface area contributed by atoms with Crippen molar-refractivity contribution in [2.75, 3.05) is 0 Å². The smallest absolute Gasteiger partial charge is 0.140 e. The highest BCUT2D eigenvalue weighted by Gasteiger charge is 2.44. The summed E-state index contributed by atoms with van der Waals surface area (Å²) < 4.78 is 1.94. The molecular formula is C11H18N2O. The van der Waals surface area contributed by atoms with Gasteiger partial charge in [-0.3, -0.25) is 0 Å². The van der Waals surface area contributed by atoms with Gasteiger partial charge >= 0.3 is 0 Å². The molecule has 0 aromatic carbocycles. The summed E-state index contributed by atoms with van der Waals surface area (Å²) in [6, 6.07) is 0. The van der Waals surface area contributed by atoms with Crippen LogP contribution in [0.3, 0.4) is 0 Å². The lowest BCUT2D eigenvalue weighted by atomic mass is 9.88. The fourth-order valence-corrected chi connectivity index (χ4v) is 2.68. The van der Waals surface area contributed by atoms with Crippen molar-refractivity contribution < 1.29 is 5.11 Å². The minimum absolute atomic E-state index is 0.378. The van der Waals surface area contributed by atoms with Gasteiger partial charge in [-0.1, -0.05) is 13.3 Å². The monoisotopic (exact) mass is 194 g/mol. The highest BCUT2D eigenvalue weighted by Crippen LogP contribution is 2.44. The number of hydrogen-bond donors (Lipinski definition) is 1. The third-order valence-electron chi connectivity index (χ3n) is 3.49. The maximum absolute atomic E-state index is 10.6. The molecule has 1 fully saturated rings. The molecule has 2 atom stereocenters. The molecule has 1 aromatic rings. The number of rotatable bonds is 2. The molecule has 0 bridgehead atoms. The van der Waals surface area contributed by atoms with Gasteiger partial charge in [0.25, 0.3) is 0 Å². The molecule has 0 spiro atoms. The molecule has 1 N–H and O–H groups in total. The van der Waals surface area contributed by atoms with Gasteiger partial charge in [0.2, 0.25) is 0 Å². The van der Waals surface area contributed by atoms with Gasteiger partial charge in [-0.2, -0.15) is 0 Å². The Morgan fingerprint density at radius 3 is 3.07 bits per heavy atom. The number of aryl methyl sites for hydroxylation is 1. The summed E-state index contributed by atoms with van der Waals surface area (Å²) in [6.07, 6.45) is 7.79. The van der Waals surface area contributed by atoms with E-state index in [2.05, 4.69) is 11.9 Å². The number of hydrogen-bond acceptors (Lipinski definition) is 2. The average Bonchev–Trinajstić information content (AvgIpc) is 2.72. The van der Waals surface area contributed by atoms with E-state index in [4.69, 9.17) is 0 Å². The van der Waals surface area contributed by atoms with Crippen LogP contribution in [0.2, 0.25) is 0 Å². The van der Waals surface area contributed by atoms with Crippen LogP contribution < -0.4 is 0 Å². The number of aromatic nitrogens is 2. The second-order valence-electron chi connectivity index (χ2n) is 4.28. The summed E-state index contributed by atoms with van der Waals surface area (Å²) in [5, 5.41) is 10.6. The second-order valence-corrected chi connectivity index (χ2v) is 4.28. The van der Waals surface area contributed by atoms with Crippen molar-refractivity contribution in [1.29, 1.82) is 0 Å². The van der Waals surface area contributed by atoms with Crippen molar-refractivity contribution in [3.63, 3.8) is 0 Å². The number of imidazole rings is 1. The van der Waals surface area contributed by atoms with Crippen LogP contribution in [-0.2, 0) is 12.6 Å². The fraction of sp³-hybridized carbons (Fsp3) is 0.727. The van der Waals surface area contributed by atoms with Gasteiger partial charge in [0, 0.05) is 19.4 Å². The predicted molar refractivity (Wildman–Crippen MR) is 54.7 cm³/mol. The second kappa shape index (κ2) is 3.39. The molecule has 1 saturated carbocycles. The van der Waals surface area contributed by atoms with Crippen molar-refractivity contribution in [2.24, 2.45) is 13.0 Å². The first-order chi connectivity index (χ1) is 6.68. The van der Waals surface area contributed by atoms with Crippen LogP contribution in [0.4, 0.5) is 0 Å². The molecule has 2 rings (SSSR count). The van der Waals surface area contributed by atoms with Gasteiger partial charge in [0.15, 0.2) is 0 Å². The standard InChI is InChI=1S/C11H18N2O/c1-3-9-5-4-6-11(9,14)10-12-7-8-13(10)2/h7-9,14H,3-6H2,1-2H3. The molecule has 3 nitrogen and oxygen atoms in total. The Labute approximate surface area is 84.8 Å². The van der Waals surface area contributed by atoms with Crippen LogP contribution in [-0.4, -0.2) is 14.7 Å².